The molecule has 0 aliphatic carbocycles. The van der Waals surface area contributed by atoms with E-state index in [-0.39, 0.29) is 11.8 Å². The molecule has 0 bridgehead atoms. The fourth-order valence-corrected chi connectivity index (χ4v) is 3.47. The van der Waals surface area contributed by atoms with Crippen LogP contribution in [0.5, 0.6) is 0 Å². The normalized spacial score (nSPS) is 15.3. The predicted molar refractivity (Wildman–Crippen MR) is 105 cm³/mol. The average Bonchev–Trinajstić information content (AvgIpc) is 2.62. The highest BCUT2D eigenvalue weighted by atomic mass is 16.2. The van der Waals surface area contributed by atoms with E-state index in [9.17, 15) is 9.59 Å². The van der Waals surface area contributed by atoms with Crippen molar-refractivity contribution in [2.45, 2.75) is 32.6 Å². The van der Waals surface area contributed by atoms with Crippen molar-refractivity contribution >= 4 is 11.8 Å². The van der Waals surface area contributed by atoms with E-state index < -0.39 is 0 Å². The summed E-state index contributed by atoms with van der Waals surface area (Å²) in [6.45, 7) is 5.27. The molecule has 1 aromatic rings. The Morgan fingerprint density at radius 1 is 1.04 bits per heavy atom. The highest BCUT2D eigenvalue weighted by Crippen LogP contribution is 2.22. The molecule has 5 heteroatoms. The summed E-state index contributed by atoms with van der Waals surface area (Å²) in [5, 5.41) is 0. The fraction of sp³-hybridized carbons (Fsp3) is 0.619. The van der Waals surface area contributed by atoms with Gasteiger partial charge in [-0.25, -0.2) is 0 Å². The number of amides is 2. The van der Waals surface area contributed by atoms with E-state index in [1.165, 1.54) is 5.56 Å². The molecule has 0 unspecified atom stereocenters. The first-order valence-electron chi connectivity index (χ1n) is 9.67. The number of carbonyl (C=O) groups is 2. The van der Waals surface area contributed by atoms with Crippen molar-refractivity contribution in [1.82, 2.24) is 14.7 Å². The molecule has 0 aromatic heterocycles. The summed E-state index contributed by atoms with van der Waals surface area (Å²) in [4.78, 5) is 30.1. The van der Waals surface area contributed by atoms with Gasteiger partial charge < -0.3 is 14.7 Å². The molecule has 0 radical (unpaired) electrons. The summed E-state index contributed by atoms with van der Waals surface area (Å²) in [6, 6.07) is 10.6. The van der Waals surface area contributed by atoms with Gasteiger partial charge in [0.05, 0.1) is 0 Å². The molecule has 1 fully saturated rings. The van der Waals surface area contributed by atoms with Crippen LogP contribution in [0.25, 0.3) is 0 Å². The molecule has 5 nitrogen and oxygen atoms in total. The lowest BCUT2D eigenvalue weighted by Gasteiger charge is -2.33. The van der Waals surface area contributed by atoms with Crippen LogP contribution in [0.1, 0.15) is 31.7 Å². The molecule has 0 atom stereocenters. The van der Waals surface area contributed by atoms with Crippen LogP contribution in [0, 0.1) is 5.92 Å². The third-order valence-electron chi connectivity index (χ3n) is 5.19. The van der Waals surface area contributed by atoms with Gasteiger partial charge >= 0.3 is 0 Å². The number of carbonyl (C=O) groups excluding carboxylic acids is 2. The Hall–Kier alpha value is -1.88. The first-order valence-corrected chi connectivity index (χ1v) is 9.67. The molecular formula is C21H33N3O2. The number of nitrogens with zero attached hydrogens (tertiary/aromatic N) is 3. The number of hydrogen-bond acceptors (Lipinski definition) is 3. The summed E-state index contributed by atoms with van der Waals surface area (Å²) >= 11 is 0. The van der Waals surface area contributed by atoms with E-state index in [2.05, 4.69) is 29.2 Å². The first-order chi connectivity index (χ1) is 12.5. The summed E-state index contributed by atoms with van der Waals surface area (Å²) in [6.07, 6.45) is 3.66. The molecule has 144 valence electrons. The van der Waals surface area contributed by atoms with Crippen molar-refractivity contribution < 1.29 is 9.59 Å². The van der Waals surface area contributed by atoms with Crippen molar-refractivity contribution in [1.29, 1.82) is 0 Å². The zero-order valence-corrected chi connectivity index (χ0v) is 16.5. The Morgan fingerprint density at radius 2 is 1.69 bits per heavy atom. The van der Waals surface area contributed by atoms with Crippen LogP contribution in [-0.4, -0.2) is 73.3 Å². The van der Waals surface area contributed by atoms with Gasteiger partial charge in [0.25, 0.3) is 0 Å². The lowest BCUT2D eigenvalue weighted by Crippen LogP contribution is -2.42. The second-order valence-electron chi connectivity index (χ2n) is 7.57. The van der Waals surface area contributed by atoms with Gasteiger partial charge in [0.1, 0.15) is 0 Å². The molecule has 1 aliphatic heterocycles. The highest BCUT2D eigenvalue weighted by molar-refractivity contribution is 5.78. The summed E-state index contributed by atoms with van der Waals surface area (Å²) in [5.41, 5.74) is 1.38. The van der Waals surface area contributed by atoms with E-state index in [1.807, 2.05) is 25.1 Å². The molecule has 1 saturated heterocycles. The van der Waals surface area contributed by atoms with Gasteiger partial charge in [-0.15, -0.1) is 0 Å². The molecule has 1 heterocycles. The highest BCUT2D eigenvalue weighted by Gasteiger charge is 2.23. The van der Waals surface area contributed by atoms with Gasteiger partial charge in [0.2, 0.25) is 11.8 Å². The SMILES string of the molecule is CC(=O)N(CCC(=O)N1CCC(Cc2ccccc2)CC1)CCN(C)C. The molecule has 2 amide bonds. The minimum atomic E-state index is 0.0428. The number of rotatable bonds is 8. The van der Waals surface area contributed by atoms with Crippen LogP contribution in [0.2, 0.25) is 0 Å². The van der Waals surface area contributed by atoms with E-state index in [4.69, 9.17) is 0 Å². The quantitative estimate of drug-likeness (QED) is 0.715. The van der Waals surface area contributed by atoms with Gasteiger partial charge in [0.15, 0.2) is 0 Å². The van der Waals surface area contributed by atoms with Crippen LogP contribution in [-0.2, 0) is 16.0 Å². The Bertz CT molecular complexity index is 566. The molecule has 0 N–H and O–H groups in total. The maximum Gasteiger partial charge on any atom is 0.224 e. The second-order valence-corrected chi connectivity index (χ2v) is 7.57. The minimum Gasteiger partial charge on any atom is -0.343 e. The lowest BCUT2D eigenvalue weighted by atomic mass is 9.90. The molecule has 1 aromatic carbocycles. The zero-order chi connectivity index (χ0) is 18.9. The van der Waals surface area contributed by atoms with Gasteiger partial charge in [-0.05, 0) is 44.8 Å². The summed E-state index contributed by atoms with van der Waals surface area (Å²) in [5.74, 6) is 0.885. The number of likely N-dealkylation sites (tertiary alicyclic amines) is 1. The van der Waals surface area contributed by atoms with Crippen molar-refractivity contribution in [3.63, 3.8) is 0 Å². The molecular weight excluding hydrogens is 326 g/mol. The average molecular weight is 360 g/mol. The Balaban J connectivity index is 1.72. The minimum absolute atomic E-state index is 0.0428. The summed E-state index contributed by atoms with van der Waals surface area (Å²) in [7, 11) is 3.98. The lowest BCUT2D eigenvalue weighted by molar-refractivity contribution is -0.134. The zero-order valence-electron chi connectivity index (χ0n) is 16.5. The van der Waals surface area contributed by atoms with Gasteiger partial charge in [-0.2, -0.15) is 0 Å². The Morgan fingerprint density at radius 3 is 2.27 bits per heavy atom. The monoisotopic (exact) mass is 359 g/mol. The smallest absolute Gasteiger partial charge is 0.224 e. The fourth-order valence-electron chi connectivity index (χ4n) is 3.47. The number of likely N-dealkylation sites (N-methyl/N-ethyl adjacent to an activating group) is 1. The van der Waals surface area contributed by atoms with Crippen LogP contribution in [0.4, 0.5) is 0 Å². The van der Waals surface area contributed by atoms with Gasteiger partial charge in [0, 0.05) is 46.1 Å². The van der Waals surface area contributed by atoms with Gasteiger partial charge in [-0.1, -0.05) is 30.3 Å². The van der Waals surface area contributed by atoms with Crippen LogP contribution in [0.15, 0.2) is 30.3 Å². The molecule has 1 aliphatic rings. The van der Waals surface area contributed by atoms with Crippen LogP contribution in [0.3, 0.4) is 0 Å². The number of piperidine rings is 1. The Kier molecular flexibility index (Phi) is 8.10. The van der Waals surface area contributed by atoms with E-state index in [0.29, 0.717) is 25.4 Å². The topological polar surface area (TPSA) is 43.9 Å². The third kappa shape index (κ3) is 6.79. The van der Waals surface area contributed by atoms with Crippen LogP contribution < -0.4 is 0 Å². The maximum absolute atomic E-state index is 12.5. The maximum atomic E-state index is 12.5. The number of benzene rings is 1. The molecule has 2 rings (SSSR count). The van der Waals surface area contributed by atoms with Gasteiger partial charge in [-0.3, -0.25) is 9.59 Å². The largest absolute Gasteiger partial charge is 0.343 e. The van der Waals surface area contributed by atoms with Crippen LogP contribution >= 0.6 is 0 Å². The standard InChI is InChI=1S/C21H33N3O2/c1-18(25)23(16-15-22(2)3)14-11-21(26)24-12-9-20(10-13-24)17-19-7-5-4-6-8-19/h4-8,20H,9-17H2,1-3H3. The van der Waals surface area contributed by atoms with E-state index in [1.54, 1.807) is 11.8 Å². The van der Waals surface area contributed by atoms with Crippen molar-refractivity contribution in [3.8, 4) is 0 Å². The molecule has 0 saturated carbocycles. The second kappa shape index (κ2) is 10.3. The third-order valence-corrected chi connectivity index (χ3v) is 5.19. The van der Waals surface area contributed by atoms with E-state index >= 15 is 0 Å². The molecule has 0 spiro atoms. The Labute approximate surface area is 158 Å². The van der Waals surface area contributed by atoms with E-state index in [0.717, 1.165) is 38.9 Å². The van der Waals surface area contributed by atoms with Crippen molar-refractivity contribution in [2.24, 2.45) is 5.92 Å². The number of hydrogen-bond donors (Lipinski definition) is 0. The predicted octanol–water partition coefficient (Wildman–Crippen LogP) is 2.27. The van der Waals surface area contributed by atoms with Crippen molar-refractivity contribution in [2.75, 3.05) is 46.8 Å². The summed E-state index contributed by atoms with van der Waals surface area (Å²) < 4.78 is 0. The molecule has 26 heavy (non-hydrogen) atoms. The van der Waals surface area contributed by atoms with Crippen molar-refractivity contribution in [3.05, 3.63) is 35.9 Å². The first kappa shape index (κ1) is 20.4.